The summed E-state index contributed by atoms with van der Waals surface area (Å²) in [5.41, 5.74) is 9.41. The first kappa shape index (κ1) is 18.5. The van der Waals surface area contributed by atoms with Crippen molar-refractivity contribution in [3.05, 3.63) is 60.7 Å². The lowest BCUT2D eigenvalue weighted by Gasteiger charge is -2.34. The van der Waals surface area contributed by atoms with Gasteiger partial charge in [0.25, 0.3) is 5.91 Å². The fourth-order valence-corrected chi connectivity index (χ4v) is 4.06. The number of anilines is 2. The van der Waals surface area contributed by atoms with E-state index in [1.165, 1.54) is 0 Å². The first-order valence-electron chi connectivity index (χ1n) is 10.2. The summed E-state index contributed by atoms with van der Waals surface area (Å²) in [5, 5.41) is 8.35. The van der Waals surface area contributed by atoms with Crippen LogP contribution in [-0.4, -0.2) is 45.1 Å². The van der Waals surface area contributed by atoms with E-state index < -0.39 is 0 Å². The molecule has 8 nitrogen and oxygen atoms in total. The number of rotatable bonds is 4. The molecule has 1 amide bonds. The van der Waals surface area contributed by atoms with E-state index in [1.54, 1.807) is 35.4 Å². The maximum absolute atomic E-state index is 13.1. The van der Waals surface area contributed by atoms with E-state index in [4.69, 9.17) is 5.73 Å². The molecule has 1 saturated heterocycles. The van der Waals surface area contributed by atoms with Crippen LogP contribution in [-0.2, 0) is 0 Å². The lowest BCUT2D eigenvalue weighted by atomic mass is 9.96. The SMILES string of the molecule is NCC1CCN(c2cc3cccnc3cc2NC(=O)c2cnn3cccnc23)CC1. The van der Waals surface area contributed by atoms with Gasteiger partial charge in [0.05, 0.1) is 23.1 Å². The zero-order valence-corrected chi connectivity index (χ0v) is 16.5. The zero-order chi connectivity index (χ0) is 20.5. The zero-order valence-electron chi connectivity index (χ0n) is 16.5. The maximum atomic E-state index is 13.1. The highest BCUT2D eigenvalue weighted by Gasteiger charge is 2.22. The number of piperidine rings is 1. The van der Waals surface area contributed by atoms with Crippen molar-refractivity contribution in [2.45, 2.75) is 12.8 Å². The number of benzene rings is 1. The topological polar surface area (TPSA) is 101 Å². The van der Waals surface area contributed by atoms with E-state index in [0.717, 1.165) is 54.8 Å². The molecule has 0 atom stereocenters. The minimum Gasteiger partial charge on any atom is -0.370 e. The lowest BCUT2D eigenvalue weighted by molar-refractivity contribution is 0.102. The molecule has 152 valence electrons. The molecule has 0 bridgehead atoms. The maximum Gasteiger partial charge on any atom is 0.261 e. The van der Waals surface area contributed by atoms with Gasteiger partial charge in [-0.3, -0.25) is 9.78 Å². The Hall–Kier alpha value is -3.52. The molecular weight excluding hydrogens is 378 g/mol. The normalized spacial score (nSPS) is 15.0. The summed E-state index contributed by atoms with van der Waals surface area (Å²) >= 11 is 0. The fourth-order valence-electron chi connectivity index (χ4n) is 4.06. The Labute approximate surface area is 173 Å². The van der Waals surface area contributed by atoms with E-state index in [1.807, 2.05) is 18.2 Å². The van der Waals surface area contributed by atoms with Gasteiger partial charge < -0.3 is 16.0 Å². The number of carbonyl (C=O) groups excluding carboxylic acids is 1. The van der Waals surface area contributed by atoms with Crippen molar-refractivity contribution in [1.29, 1.82) is 0 Å². The summed E-state index contributed by atoms with van der Waals surface area (Å²) in [7, 11) is 0. The van der Waals surface area contributed by atoms with Gasteiger partial charge in [0.2, 0.25) is 0 Å². The number of hydrogen-bond donors (Lipinski definition) is 2. The van der Waals surface area contributed by atoms with Crippen LogP contribution in [0.25, 0.3) is 16.6 Å². The quantitative estimate of drug-likeness (QED) is 0.545. The summed E-state index contributed by atoms with van der Waals surface area (Å²) in [6.45, 7) is 2.55. The molecule has 4 aromatic rings. The molecule has 4 heterocycles. The number of pyridine rings is 1. The Balaban J connectivity index is 1.51. The average molecular weight is 401 g/mol. The summed E-state index contributed by atoms with van der Waals surface area (Å²) in [4.78, 5) is 24.2. The molecule has 0 saturated carbocycles. The van der Waals surface area contributed by atoms with Gasteiger partial charge in [-0.15, -0.1) is 0 Å². The van der Waals surface area contributed by atoms with Crippen molar-refractivity contribution in [3.63, 3.8) is 0 Å². The molecule has 1 aliphatic heterocycles. The van der Waals surface area contributed by atoms with E-state index in [2.05, 4.69) is 31.3 Å². The minimum atomic E-state index is -0.239. The second kappa shape index (κ2) is 7.72. The summed E-state index contributed by atoms with van der Waals surface area (Å²) in [6, 6.07) is 9.79. The van der Waals surface area contributed by atoms with Crippen LogP contribution in [0.15, 0.2) is 55.1 Å². The fraction of sp³-hybridized carbons (Fsp3) is 0.273. The molecule has 1 fully saturated rings. The number of carbonyl (C=O) groups is 1. The van der Waals surface area contributed by atoms with Crippen LogP contribution in [0.2, 0.25) is 0 Å². The van der Waals surface area contributed by atoms with E-state index in [0.29, 0.717) is 17.1 Å². The Morgan fingerprint density at radius 2 is 2.00 bits per heavy atom. The summed E-state index contributed by atoms with van der Waals surface area (Å²) in [6.07, 6.45) is 8.83. The average Bonchev–Trinajstić information content (AvgIpc) is 3.23. The highest BCUT2D eigenvalue weighted by Crippen LogP contribution is 2.33. The molecule has 0 radical (unpaired) electrons. The second-order valence-electron chi connectivity index (χ2n) is 7.63. The van der Waals surface area contributed by atoms with Crippen molar-refractivity contribution in [2.24, 2.45) is 11.7 Å². The number of hydrogen-bond acceptors (Lipinski definition) is 6. The first-order valence-corrected chi connectivity index (χ1v) is 10.2. The highest BCUT2D eigenvalue weighted by atomic mass is 16.1. The van der Waals surface area contributed by atoms with Crippen LogP contribution in [0, 0.1) is 5.92 Å². The molecule has 0 aliphatic carbocycles. The van der Waals surface area contributed by atoms with Crippen LogP contribution < -0.4 is 16.0 Å². The van der Waals surface area contributed by atoms with Crippen molar-refractivity contribution in [2.75, 3.05) is 29.9 Å². The van der Waals surface area contributed by atoms with Gasteiger partial charge in [-0.25, -0.2) is 9.50 Å². The van der Waals surface area contributed by atoms with Crippen molar-refractivity contribution < 1.29 is 4.79 Å². The van der Waals surface area contributed by atoms with Gasteiger partial charge in [0.1, 0.15) is 5.56 Å². The highest BCUT2D eigenvalue weighted by molar-refractivity contribution is 6.10. The predicted molar refractivity (Wildman–Crippen MR) is 117 cm³/mol. The van der Waals surface area contributed by atoms with Crippen molar-refractivity contribution in [3.8, 4) is 0 Å². The molecule has 1 aliphatic rings. The largest absolute Gasteiger partial charge is 0.370 e. The Morgan fingerprint density at radius 1 is 1.17 bits per heavy atom. The number of nitrogens with zero attached hydrogens (tertiary/aromatic N) is 5. The first-order chi connectivity index (χ1) is 14.7. The standard InChI is InChI=1S/C22H23N7O/c23-13-15-4-9-28(10-5-15)20-11-16-3-1-6-24-18(16)12-19(20)27-22(30)17-14-26-29-8-2-7-25-21(17)29/h1-3,6-8,11-12,14-15H,4-5,9-10,13,23H2,(H,27,30). The molecule has 3 aromatic heterocycles. The van der Waals surface area contributed by atoms with E-state index >= 15 is 0 Å². The van der Waals surface area contributed by atoms with Gasteiger partial charge in [-0.05, 0) is 49.6 Å². The molecule has 5 rings (SSSR count). The van der Waals surface area contributed by atoms with Crippen molar-refractivity contribution in [1.82, 2.24) is 19.6 Å². The van der Waals surface area contributed by atoms with Gasteiger partial charge in [0, 0.05) is 37.1 Å². The van der Waals surface area contributed by atoms with E-state index in [-0.39, 0.29) is 5.91 Å². The Morgan fingerprint density at radius 3 is 2.83 bits per heavy atom. The molecular formula is C22H23N7O. The number of fused-ring (bicyclic) bond motifs is 2. The molecule has 0 unspecified atom stereocenters. The van der Waals surface area contributed by atoms with Crippen LogP contribution in [0.3, 0.4) is 0 Å². The summed E-state index contributed by atoms with van der Waals surface area (Å²) in [5.74, 6) is 0.323. The van der Waals surface area contributed by atoms with E-state index in [9.17, 15) is 4.79 Å². The molecule has 1 aromatic carbocycles. The minimum absolute atomic E-state index is 0.239. The van der Waals surface area contributed by atoms with Crippen LogP contribution in [0.5, 0.6) is 0 Å². The number of amides is 1. The number of aromatic nitrogens is 4. The lowest BCUT2D eigenvalue weighted by Crippen LogP contribution is -2.36. The monoisotopic (exact) mass is 401 g/mol. The molecule has 30 heavy (non-hydrogen) atoms. The van der Waals surface area contributed by atoms with Crippen LogP contribution in [0.4, 0.5) is 11.4 Å². The third-order valence-electron chi connectivity index (χ3n) is 5.78. The smallest absolute Gasteiger partial charge is 0.261 e. The third-order valence-corrected chi connectivity index (χ3v) is 5.78. The van der Waals surface area contributed by atoms with Gasteiger partial charge in [-0.2, -0.15) is 5.10 Å². The van der Waals surface area contributed by atoms with Crippen LogP contribution in [0.1, 0.15) is 23.2 Å². The summed E-state index contributed by atoms with van der Waals surface area (Å²) < 4.78 is 1.59. The number of nitrogens with one attached hydrogen (secondary N) is 1. The van der Waals surface area contributed by atoms with Gasteiger partial charge >= 0.3 is 0 Å². The Bertz CT molecular complexity index is 1210. The molecule has 3 N–H and O–H groups in total. The van der Waals surface area contributed by atoms with Gasteiger partial charge in [-0.1, -0.05) is 6.07 Å². The van der Waals surface area contributed by atoms with Crippen molar-refractivity contribution >= 4 is 33.8 Å². The number of nitrogens with two attached hydrogens (primary N) is 1. The third kappa shape index (κ3) is 3.35. The second-order valence-corrected chi connectivity index (χ2v) is 7.63. The molecule has 8 heteroatoms. The predicted octanol–water partition coefficient (Wildman–Crippen LogP) is 2.70. The van der Waals surface area contributed by atoms with Crippen LogP contribution >= 0.6 is 0 Å². The Kier molecular flexibility index (Phi) is 4.76. The molecule has 0 spiro atoms. The van der Waals surface area contributed by atoms with Gasteiger partial charge in [0.15, 0.2) is 5.65 Å².